The first-order chi connectivity index (χ1) is 7.97. The summed E-state index contributed by atoms with van der Waals surface area (Å²) in [7, 11) is 0. The molecule has 1 heterocycles. The van der Waals surface area contributed by atoms with Crippen molar-refractivity contribution >= 4 is 34.2 Å². The second kappa shape index (κ2) is 6.08. The minimum absolute atomic E-state index is 0.0903. The van der Waals surface area contributed by atoms with Crippen LogP contribution >= 0.6 is 22.6 Å². The molecule has 1 rings (SSSR count). The van der Waals surface area contributed by atoms with E-state index in [0.29, 0.717) is 9.26 Å². The molecule has 0 bridgehead atoms. The summed E-state index contributed by atoms with van der Waals surface area (Å²) in [6.07, 6.45) is -1.83. The lowest BCUT2D eigenvalue weighted by molar-refractivity contribution is -0.142. The molecule has 7 heteroatoms. The molecule has 0 spiro atoms. The van der Waals surface area contributed by atoms with E-state index in [9.17, 15) is 13.6 Å². The van der Waals surface area contributed by atoms with Crippen molar-refractivity contribution in [1.29, 1.82) is 0 Å². The Balaban J connectivity index is 3.05. The third kappa shape index (κ3) is 3.48. The average molecular weight is 356 g/mol. The van der Waals surface area contributed by atoms with Crippen LogP contribution in [-0.2, 0) is 16.0 Å². The second-order valence-electron chi connectivity index (χ2n) is 3.18. The van der Waals surface area contributed by atoms with E-state index >= 15 is 0 Å². The van der Waals surface area contributed by atoms with Gasteiger partial charge in [0.05, 0.1) is 18.6 Å². The van der Waals surface area contributed by atoms with Gasteiger partial charge in [-0.15, -0.1) is 0 Å². The molecule has 0 saturated carbocycles. The maximum absolute atomic E-state index is 12.6. The molecule has 0 unspecified atom stereocenters. The molecule has 0 atom stereocenters. The first kappa shape index (κ1) is 14.1. The Kier molecular flexibility index (Phi) is 5.03. The quantitative estimate of drug-likeness (QED) is 0.511. The number of alkyl halides is 2. The minimum atomic E-state index is -2.71. The van der Waals surface area contributed by atoms with E-state index in [1.165, 1.54) is 0 Å². The number of anilines is 1. The van der Waals surface area contributed by atoms with Crippen molar-refractivity contribution < 1.29 is 18.3 Å². The van der Waals surface area contributed by atoms with E-state index in [4.69, 9.17) is 10.5 Å². The molecular weight excluding hydrogens is 345 g/mol. The van der Waals surface area contributed by atoms with Gasteiger partial charge in [0.15, 0.2) is 0 Å². The summed E-state index contributed by atoms with van der Waals surface area (Å²) in [5.41, 5.74) is 5.44. The van der Waals surface area contributed by atoms with Gasteiger partial charge in [-0.3, -0.25) is 4.79 Å². The average Bonchev–Trinajstić information content (AvgIpc) is 2.24. The molecule has 0 amide bonds. The van der Waals surface area contributed by atoms with E-state index in [1.54, 1.807) is 6.92 Å². The molecule has 1 aromatic rings. The van der Waals surface area contributed by atoms with Crippen LogP contribution in [0, 0.1) is 3.70 Å². The zero-order chi connectivity index (χ0) is 13.0. The summed E-state index contributed by atoms with van der Waals surface area (Å²) in [5.74, 6) is -0.509. The van der Waals surface area contributed by atoms with Crippen molar-refractivity contribution in [1.82, 2.24) is 4.98 Å². The van der Waals surface area contributed by atoms with Crippen molar-refractivity contribution in [2.24, 2.45) is 0 Å². The number of pyridine rings is 1. The summed E-state index contributed by atoms with van der Waals surface area (Å²) in [5, 5.41) is 0. The zero-order valence-corrected chi connectivity index (χ0v) is 11.2. The third-order valence-corrected chi connectivity index (χ3v) is 2.99. The van der Waals surface area contributed by atoms with Crippen molar-refractivity contribution in [3.05, 3.63) is 21.0 Å². The molecular formula is C10H11F2IN2O2. The Morgan fingerprint density at radius 3 is 2.82 bits per heavy atom. The predicted octanol–water partition coefficient (Wildman–Crippen LogP) is 2.31. The largest absolute Gasteiger partial charge is 0.466 e. The summed E-state index contributed by atoms with van der Waals surface area (Å²) >= 11 is 1.84. The minimum Gasteiger partial charge on any atom is -0.466 e. The monoisotopic (exact) mass is 356 g/mol. The van der Waals surface area contributed by atoms with E-state index in [1.807, 2.05) is 22.6 Å². The van der Waals surface area contributed by atoms with Crippen molar-refractivity contribution in [2.45, 2.75) is 19.8 Å². The van der Waals surface area contributed by atoms with Gasteiger partial charge in [0.25, 0.3) is 6.43 Å². The SMILES string of the molecule is CCOC(=O)Cc1c(I)ncc(C(F)F)c1N. The number of aromatic nitrogens is 1. The lowest BCUT2D eigenvalue weighted by Crippen LogP contribution is -2.13. The molecule has 1 aromatic heterocycles. The highest BCUT2D eigenvalue weighted by atomic mass is 127. The number of nitrogens with zero attached hydrogens (tertiary/aromatic N) is 1. The number of hydrogen-bond acceptors (Lipinski definition) is 4. The van der Waals surface area contributed by atoms with Gasteiger partial charge in [-0.1, -0.05) is 0 Å². The van der Waals surface area contributed by atoms with Crippen LogP contribution < -0.4 is 5.73 Å². The van der Waals surface area contributed by atoms with Crippen LogP contribution in [0.3, 0.4) is 0 Å². The van der Waals surface area contributed by atoms with Crippen molar-refractivity contribution in [2.75, 3.05) is 12.3 Å². The van der Waals surface area contributed by atoms with E-state index < -0.39 is 12.4 Å². The molecule has 0 saturated heterocycles. The Morgan fingerprint density at radius 1 is 1.65 bits per heavy atom. The number of hydrogen-bond donors (Lipinski definition) is 1. The summed E-state index contributed by atoms with van der Waals surface area (Å²) in [6, 6.07) is 0. The molecule has 0 aliphatic heterocycles. The Labute approximate surface area is 111 Å². The normalized spacial score (nSPS) is 10.6. The number of carbonyl (C=O) groups excluding carboxylic acids is 1. The molecule has 0 aromatic carbocycles. The fourth-order valence-corrected chi connectivity index (χ4v) is 1.88. The van der Waals surface area contributed by atoms with E-state index in [-0.39, 0.29) is 24.3 Å². The van der Waals surface area contributed by atoms with Gasteiger partial charge in [-0.2, -0.15) is 0 Å². The van der Waals surface area contributed by atoms with Crippen molar-refractivity contribution in [3.8, 4) is 0 Å². The number of halogens is 3. The topological polar surface area (TPSA) is 65.2 Å². The van der Waals surface area contributed by atoms with Gasteiger partial charge in [0.1, 0.15) is 3.70 Å². The van der Waals surface area contributed by atoms with Crippen LogP contribution in [0.15, 0.2) is 6.20 Å². The lowest BCUT2D eigenvalue weighted by Gasteiger charge is -2.11. The van der Waals surface area contributed by atoms with E-state index in [0.717, 1.165) is 6.20 Å². The first-order valence-corrected chi connectivity index (χ1v) is 5.91. The van der Waals surface area contributed by atoms with Crippen LogP contribution in [0.25, 0.3) is 0 Å². The van der Waals surface area contributed by atoms with Crippen LogP contribution in [0.5, 0.6) is 0 Å². The standard InChI is InChI=1S/C10H11F2IN2O2/c1-2-17-7(16)3-5-8(14)6(9(11)12)4-15-10(5)13/h4,9H,2-3H2,1H3,(H2,14,15). The lowest BCUT2D eigenvalue weighted by atomic mass is 10.1. The molecule has 0 aliphatic carbocycles. The molecule has 0 aliphatic rings. The maximum atomic E-state index is 12.6. The van der Waals surface area contributed by atoms with Crippen LogP contribution in [0.2, 0.25) is 0 Å². The summed E-state index contributed by atoms with van der Waals surface area (Å²) in [6.45, 7) is 1.90. The van der Waals surface area contributed by atoms with Gasteiger partial charge in [0.2, 0.25) is 0 Å². The highest BCUT2D eigenvalue weighted by Gasteiger charge is 2.19. The Bertz CT molecular complexity index is 427. The molecule has 2 N–H and O–H groups in total. The number of nitrogen functional groups attached to an aromatic ring is 1. The zero-order valence-electron chi connectivity index (χ0n) is 9.04. The highest BCUT2D eigenvalue weighted by molar-refractivity contribution is 14.1. The van der Waals surface area contributed by atoms with Crippen LogP contribution in [0.4, 0.5) is 14.5 Å². The maximum Gasteiger partial charge on any atom is 0.310 e. The number of esters is 1. The fraction of sp³-hybridized carbons (Fsp3) is 0.400. The van der Waals surface area contributed by atoms with Gasteiger partial charge in [-0.05, 0) is 29.5 Å². The fourth-order valence-electron chi connectivity index (χ4n) is 1.26. The van der Waals surface area contributed by atoms with E-state index in [2.05, 4.69) is 4.98 Å². The number of ether oxygens (including phenoxy) is 1. The highest BCUT2D eigenvalue weighted by Crippen LogP contribution is 2.29. The third-order valence-electron chi connectivity index (χ3n) is 2.06. The summed E-state index contributed by atoms with van der Waals surface area (Å²) in [4.78, 5) is 15.1. The predicted molar refractivity (Wildman–Crippen MR) is 66.7 cm³/mol. The molecule has 0 radical (unpaired) electrons. The first-order valence-electron chi connectivity index (χ1n) is 4.83. The number of nitrogens with two attached hydrogens (primary N) is 1. The van der Waals surface area contributed by atoms with Crippen LogP contribution in [0.1, 0.15) is 24.5 Å². The van der Waals surface area contributed by atoms with Gasteiger partial charge < -0.3 is 10.5 Å². The molecule has 17 heavy (non-hydrogen) atoms. The second-order valence-corrected chi connectivity index (χ2v) is 4.20. The Morgan fingerprint density at radius 2 is 2.29 bits per heavy atom. The Hall–Kier alpha value is -0.990. The van der Waals surface area contributed by atoms with Gasteiger partial charge in [0, 0.05) is 17.4 Å². The van der Waals surface area contributed by atoms with Gasteiger partial charge in [-0.25, -0.2) is 13.8 Å². The molecule has 94 valence electrons. The number of carbonyl (C=O) groups is 1. The van der Waals surface area contributed by atoms with Gasteiger partial charge >= 0.3 is 5.97 Å². The molecule has 0 fully saturated rings. The number of rotatable bonds is 4. The van der Waals surface area contributed by atoms with Crippen LogP contribution in [-0.4, -0.2) is 17.6 Å². The summed E-state index contributed by atoms with van der Waals surface area (Å²) < 4.78 is 30.3. The van der Waals surface area contributed by atoms with Crippen molar-refractivity contribution in [3.63, 3.8) is 0 Å². The molecule has 4 nitrogen and oxygen atoms in total. The smallest absolute Gasteiger partial charge is 0.310 e.